The van der Waals surface area contributed by atoms with E-state index in [-0.39, 0.29) is 11.0 Å². The van der Waals surface area contributed by atoms with E-state index in [4.69, 9.17) is 4.74 Å². The van der Waals surface area contributed by atoms with Gasteiger partial charge in [0.15, 0.2) is 0 Å². The van der Waals surface area contributed by atoms with Crippen molar-refractivity contribution in [1.29, 1.82) is 0 Å². The van der Waals surface area contributed by atoms with Crippen LogP contribution in [0.5, 0.6) is 0 Å². The second-order valence-corrected chi connectivity index (χ2v) is 7.54. The van der Waals surface area contributed by atoms with Crippen LogP contribution in [0.4, 0.5) is 5.13 Å². The van der Waals surface area contributed by atoms with Crippen molar-refractivity contribution in [1.82, 2.24) is 14.6 Å². The lowest BCUT2D eigenvalue weighted by atomic mass is 9.60. The number of nitrogens with zero attached hydrogens (tertiary/aromatic N) is 4. The van der Waals surface area contributed by atoms with Crippen molar-refractivity contribution in [2.24, 2.45) is 5.41 Å². The van der Waals surface area contributed by atoms with Gasteiger partial charge in [0.25, 0.3) is 5.56 Å². The van der Waals surface area contributed by atoms with Gasteiger partial charge in [0.05, 0.1) is 6.10 Å². The maximum atomic E-state index is 11.9. The van der Waals surface area contributed by atoms with Crippen LogP contribution in [-0.4, -0.2) is 40.4 Å². The Labute approximate surface area is 139 Å². The molecule has 2 aromatic heterocycles. The standard InChI is InChI=1S/C16H22N4O2S/c1-3-22-12-10-11(16(12)7-4-5-8-16)19(2)15-18-20-13(21)6-9-17-14(20)23-15/h6,9,11-12H,3-5,7-8,10H2,1-2H3/t11-,12-/m0/s1. The number of hydrogen-bond donors (Lipinski definition) is 0. The number of aromatic nitrogens is 3. The van der Waals surface area contributed by atoms with Crippen molar-refractivity contribution in [2.75, 3.05) is 18.6 Å². The topological polar surface area (TPSA) is 59.7 Å². The van der Waals surface area contributed by atoms with Gasteiger partial charge in [-0.3, -0.25) is 4.79 Å². The van der Waals surface area contributed by atoms with Gasteiger partial charge in [0, 0.05) is 37.4 Å². The van der Waals surface area contributed by atoms with Crippen LogP contribution in [-0.2, 0) is 4.74 Å². The summed E-state index contributed by atoms with van der Waals surface area (Å²) >= 11 is 1.48. The molecule has 0 aliphatic heterocycles. The normalized spacial score (nSPS) is 25.8. The van der Waals surface area contributed by atoms with Crippen LogP contribution in [0.2, 0.25) is 0 Å². The van der Waals surface area contributed by atoms with E-state index >= 15 is 0 Å². The zero-order valence-corrected chi connectivity index (χ0v) is 14.4. The maximum Gasteiger partial charge on any atom is 0.275 e. The highest BCUT2D eigenvalue weighted by Crippen LogP contribution is 2.57. The van der Waals surface area contributed by atoms with Crippen LogP contribution in [0.3, 0.4) is 0 Å². The molecule has 1 spiro atoms. The summed E-state index contributed by atoms with van der Waals surface area (Å²) in [6, 6.07) is 1.89. The lowest BCUT2D eigenvalue weighted by Crippen LogP contribution is -2.63. The SMILES string of the molecule is CCO[C@H]1C[C@H](N(C)c2nn3c(=O)ccnc3s2)C12CCCC2. The average molecular weight is 334 g/mol. The molecule has 0 saturated heterocycles. The van der Waals surface area contributed by atoms with Crippen molar-refractivity contribution in [3.8, 4) is 0 Å². The van der Waals surface area contributed by atoms with E-state index in [0.29, 0.717) is 17.1 Å². The number of ether oxygens (including phenoxy) is 1. The molecular formula is C16H22N4O2S. The summed E-state index contributed by atoms with van der Waals surface area (Å²) in [5, 5.41) is 5.35. The molecule has 0 radical (unpaired) electrons. The van der Waals surface area contributed by atoms with Crippen molar-refractivity contribution < 1.29 is 4.74 Å². The lowest BCUT2D eigenvalue weighted by molar-refractivity contribution is -0.121. The molecule has 4 rings (SSSR count). The average Bonchev–Trinajstić information content (AvgIpc) is 3.19. The highest BCUT2D eigenvalue weighted by molar-refractivity contribution is 7.20. The zero-order valence-electron chi connectivity index (χ0n) is 13.6. The van der Waals surface area contributed by atoms with E-state index in [1.54, 1.807) is 6.20 Å². The fourth-order valence-electron chi connectivity index (χ4n) is 4.40. The highest BCUT2D eigenvalue weighted by Gasteiger charge is 2.58. The monoisotopic (exact) mass is 334 g/mol. The van der Waals surface area contributed by atoms with Gasteiger partial charge in [-0.25, -0.2) is 4.98 Å². The first-order chi connectivity index (χ1) is 11.2. The number of hydrogen-bond acceptors (Lipinski definition) is 6. The molecule has 0 amide bonds. The van der Waals surface area contributed by atoms with E-state index in [1.807, 2.05) is 0 Å². The van der Waals surface area contributed by atoms with E-state index in [1.165, 1.54) is 47.6 Å². The fourth-order valence-corrected chi connectivity index (χ4v) is 5.29. The smallest absolute Gasteiger partial charge is 0.275 e. The minimum atomic E-state index is -0.123. The highest BCUT2D eigenvalue weighted by atomic mass is 32.1. The van der Waals surface area contributed by atoms with Crippen LogP contribution in [0, 0.1) is 5.41 Å². The Morgan fingerprint density at radius 3 is 2.96 bits per heavy atom. The molecule has 0 aromatic carbocycles. The van der Waals surface area contributed by atoms with E-state index in [0.717, 1.165) is 18.2 Å². The third-order valence-electron chi connectivity index (χ3n) is 5.57. The molecule has 2 heterocycles. The first-order valence-electron chi connectivity index (χ1n) is 8.35. The van der Waals surface area contributed by atoms with E-state index < -0.39 is 0 Å². The lowest BCUT2D eigenvalue weighted by Gasteiger charge is -2.56. The second kappa shape index (κ2) is 5.56. The van der Waals surface area contributed by atoms with Gasteiger partial charge in [0.1, 0.15) is 0 Å². The Morgan fingerprint density at radius 1 is 1.48 bits per heavy atom. The Bertz CT molecular complexity index is 765. The largest absolute Gasteiger partial charge is 0.378 e. The fraction of sp³-hybridized carbons (Fsp3) is 0.688. The molecule has 124 valence electrons. The molecule has 2 fully saturated rings. The molecule has 0 unspecified atom stereocenters. The minimum absolute atomic E-state index is 0.123. The molecule has 7 heteroatoms. The Hall–Kier alpha value is -1.47. The minimum Gasteiger partial charge on any atom is -0.378 e. The summed E-state index contributed by atoms with van der Waals surface area (Å²) in [6.07, 6.45) is 8.00. The van der Waals surface area contributed by atoms with Gasteiger partial charge < -0.3 is 9.64 Å². The number of rotatable bonds is 4. The molecule has 6 nitrogen and oxygen atoms in total. The van der Waals surface area contributed by atoms with Crippen molar-refractivity contribution in [3.05, 3.63) is 22.6 Å². The molecule has 2 aliphatic rings. The number of fused-ring (bicyclic) bond motifs is 1. The molecule has 2 atom stereocenters. The summed E-state index contributed by atoms with van der Waals surface area (Å²) in [5.41, 5.74) is 0.142. The predicted octanol–water partition coefficient (Wildman–Crippen LogP) is 2.33. The van der Waals surface area contributed by atoms with Crippen LogP contribution in [0.15, 0.2) is 17.1 Å². The van der Waals surface area contributed by atoms with Gasteiger partial charge >= 0.3 is 0 Å². The van der Waals surface area contributed by atoms with Crippen LogP contribution >= 0.6 is 11.3 Å². The third kappa shape index (κ3) is 2.21. The summed E-state index contributed by atoms with van der Waals surface area (Å²) in [4.78, 5) is 19.0. The molecule has 0 N–H and O–H groups in total. The molecule has 2 aromatic rings. The summed E-state index contributed by atoms with van der Waals surface area (Å²) in [5.74, 6) is 0. The molecule has 2 saturated carbocycles. The summed E-state index contributed by atoms with van der Waals surface area (Å²) < 4.78 is 7.40. The third-order valence-corrected chi connectivity index (χ3v) is 6.59. The van der Waals surface area contributed by atoms with Gasteiger partial charge in [-0.05, 0) is 26.2 Å². The van der Waals surface area contributed by atoms with Gasteiger partial charge in [-0.2, -0.15) is 4.52 Å². The van der Waals surface area contributed by atoms with Crippen molar-refractivity contribution >= 4 is 21.4 Å². The van der Waals surface area contributed by atoms with E-state index in [2.05, 4.69) is 29.0 Å². The van der Waals surface area contributed by atoms with Gasteiger partial charge in [-0.15, -0.1) is 5.10 Å². The van der Waals surface area contributed by atoms with Gasteiger partial charge in [0.2, 0.25) is 10.1 Å². The Balaban J connectivity index is 1.64. The van der Waals surface area contributed by atoms with Crippen LogP contribution < -0.4 is 10.5 Å². The van der Waals surface area contributed by atoms with Gasteiger partial charge in [-0.1, -0.05) is 24.2 Å². The Morgan fingerprint density at radius 2 is 2.26 bits per heavy atom. The van der Waals surface area contributed by atoms with Crippen molar-refractivity contribution in [2.45, 2.75) is 51.2 Å². The Kier molecular flexibility index (Phi) is 3.65. The molecule has 23 heavy (non-hydrogen) atoms. The summed E-state index contributed by atoms with van der Waals surface area (Å²) in [7, 11) is 2.09. The second-order valence-electron chi connectivity index (χ2n) is 6.61. The maximum absolute atomic E-state index is 11.9. The predicted molar refractivity (Wildman–Crippen MR) is 90.3 cm³/mol. The zero-order chi connectivity index (χ0) is 16.0. The number of anilines is 1. The quantitative estimate of drug-likeness (QED) is 0.859. The summed E-state index contributed by atoms with van der Waals surface area (Å²) in [6.45, 7) is 2.86. The first kappa shape index (κ1) is 15.1. The van der Waals surface area contributed by atoms with E-state index in [9.17, 15) is 4.79 Å². The molecule has 0 bridgehead atoms. The molecule has 2 aliphatic carbocycles. The molecular weight excluding hydrogens is 312 g/mol. The first-order valence-corrected chi connectivity index (χ1v) is 9.16. The van der Waals surface area contributed by atoms with Crippen molar-refractivity contribution in [3.63, 3.8) is 0 Å². The van der Waals surface area contributed by atoms with Crippen LogP contribution in [0.25, 0.3) is 4.96 Å². The van der Waals surface area contributed by atoms with Crippen LogP contribution in [0.1, 0.15) is 39.0 Å².